The Bertz CT molecular complexity index is 1370. The molecule has 2 aliphatic heterocycles. The van der Waals surface area contributed by atoms with Crippen LogP contribution in [0, 0.1) is 5.41 Å². The number of rotatable bonds is 6. The van der Waals surface area contributed by atoms with Gasteiger partial charge in [0.25, 0.3) is 11.9 Å². The maximum Gasteiger partial charge on any atom is 0.407 e. The van der Waals surface area contributed by atoms with E-state index in [1.54, 1.807) is 29.2 Å². The lowest BCUT2D eigenvalue weighted by molar-refractivity contribution is -0.118. The predicted molar refractivity (Wildman–Crippen MR) is 144 cm³/mol. The van der Waals surface area contributed by atoms with Crippen LogP contribution in [-0.4, -0.2) is 79.8 Å². The number of nitrogens with one attached hydrogen (secondary N) is 2. The zero-order chi connectivity index (χ0) is 28.7. The third-order valence-corrected chi connectivity index (χ3v) is 5.78. The van der Waals surface area contributed by atoms with Gasteiger partial charge in [0.2, 0.25) is 12.0 Å². The first-order valence-electron chi connectivity index (χ1n) is 12.1. The highest BCUT2D eigenvalue weighted by molar-refractivity contribution is 6.19. The van der Waals surface area contributed by atoms with Gasteiger partial charge in [-0.05, 0) is 6.07 Å². The second-order valence-corrected chi connectivity index (χ2v) is 8.63. The highest BCUT2D eigenvalue weighted by Gasteiger charge is 2.28. The van der Waals surface area contributed by atoms with Crippen LogP contribution in [0.15, 0.2) is 81.0 Å². The van der Waals surface area contributed by atoms with Gasteiger partial charge < -0.3 is 31.2 Å². The summed E-state index contributed by atoms with van der Waals surface area (Å²) in [6, 6.07) is 15.7. The van der Waals surface area contributed by atoms with Crippen molar-refractivity contribution in [1.29, 1.82) is 5.41 Å². The Hall–Kier alpha value is -4.72. The molecule has 1 amide bonds. The van der Waals surface area contributed by atoms with Crippen LogP contribution in [-0.2, 0) is 14.3 Å². The van der Waals surface area contributed by atoms with Crippen LogP contribution < -0.4 is 16.8 Å². The standard InChI is InChI=1S/C26H27F3N8O3/c27-26(28,29)15-33-14-18(21(30)37-10-12-39-13-11-37)22(31)40-25(32)36-23-24(38)34-19-9-5-4-8-17(19)20(35-23)16-6-2-1-3-7-16/h1-9,14,23,30H,10-13,15,31H2,(H2,32,36)(H,34,38)/t23-/m0/s1. The van der Waals surface area contributed by atoms with E-state index in [2.05, 4.69) is 20.3 Å². The average Bonchev–Trinajstić information content (AvgIpc) is 3.07. The number of benzodiazepines with no additional fused rings is 1. The molecule has 2 aromatic rings. The van der Waals surface area contributed by atoms with Gasteiger partial charge in [0.05, 0.1) is 30.2 Å². The topological polar surface area (TPSA) is 164 Å². The number of hydrogen-bond donors (Lipinski definition) is 4. The summed E-state index contributed by atoms with van der Waals surface area (Å²) in [5, 5.41) is 11.2. The summed E-state index contributed by atoms with van der Waals surface area (Å²) in [6.07, 6.45) is -5.14. The lowest BCUT2D eigenvalue weighted by Crippen LogP contribution is -2.42. The van der Waals surface area contributed by atoms with Crippen LogP contribution >= 0.6 is 0 Å². The molecule has 4 rings (SSSR count). The number of morpholine rings is 1. The first-order valence-corrected chi connectivity index (χ1v) is 12.1. The van der Waals surface area contributed by atoms with Gasteiger partial charge in [-0.2, -0.15) is 18.2 Å². The van der Waals surface area contributed by atoms with E-state index in [0.717, 1.165) is 11.8 Å². The van der Waals surface area contributed by atoms with Crippen molar-refractivity contribution in [2.75, 3.05) is 38.2 Å². The van der Waals surface area contributed by atoms with E-state index in [4.69, 9.17) is 26.4 Å². The Morgan fingerprint density at radius 2 is 1.82 bits per heavy atom. The molecule has 0 spiro atoms. The number of carbonyl (C=O) groups excluding carboxylic acids is 1. The molecule has 0 aliphatic carbocycles. The highest BCUT2D eigenvalue weighted by atomic mass is 19.4. The number of benzene rings is 2. The molecule has 6 N–H and O–H groups in total. The summed E-state index contributed by atoms with van der Waals surface area (Å²) in [5.41, 5.74) is 14.1. The molecular formula is C26H27F3N8O3. The van der Waals surface area contributed by atoms with Gasteiger partial charge in [-0.3, -0.25) is 15.2 Å². The van der Waals surface area contributed by atoms with Gasteiger partial charge >= 0.3 is 6.18 Å². The van der Waals surface area contributed by atoms with E-state index in [9.17, 15) is 18.0 Å². The number of fused-ring (bicyclic) bond motifs is 1. The summed E-state index contributed by atoms with van der Waals surface area (Å²) >= 11 is 0. The van der Waals surface area contributed by atoms with Gasteiger partial charge in [-0.25, -0.2) is 4.99 Å². The molecule has 2 aromatic carbocycles. The van der Waals surface area contributed by atoms with Crippen molar-refractivity contribution < 1.29 is 27.4 Å². The molecule has 1 fully saturated rings. The Morgan fingerprint density at radius 1 is 1.15 bits per heavy atom. The summed E-state index contributed by atoms with van der Waals surface area (Å²) in [7, 11) is 0. The molecule has 1 atom stereocenters. The summed E-state index contributed by atoms with van der Waals surface area (Å²) < 4.78 is 48.7. The number of hydrogen-bond acceptors (Lipinski definition) is 8. The number of alkyl halides is 3. The van der Waals surface area contributed by atoms with Crippen LogP contribution in [0.5, 0.6) is 0 Å². The van der Waals surface area contributed by atoms with Gasteiger partial charge in [0, 0.05) is 30.4 Å². The Kier molecular flexibility index (Phi) is 8.79. The normalized spacial score (nSPS) is 18.8. The molecule has 14 heteroatoms. The summed E-state index contributed by atoms with van der Waals surface area (Å²) in [6.45, 7) is -0.219. The van der Waals surface area contributed by atoms with Crippen molar-refractivity contribution in [3.8, 4) is 0 Å². The van der Waals surface area contributed by atoms with Crippen LogP contribution in [0.1, 0.15) is 11.1 Å². The van der Waals surface area contributed by atoms with E-state index in [-0.39, 0.29) is 11.4 Å². The number of amides is 1. The van der Waals surface area contributed by atoms with Crippen LogP contribution in [0.2, 0.25) is 0 Å². The Labute approximate surface area is 227 Å². The maximum atomic E-state index is 13.0. The van der Waals surface area contributed by atoms with Crippen LogP contribution in [0.25, 0.3) is 0 Å². The number of amidine groups is 2. The largest absolute Gasteiger partial charge is 0.409 e. The number of para-hydroxylation sites is 1. The number of halogens is 3. The van der Waals surface area contributed by atoms with E-state index in [0.29, 0.717) is 43.3 Å². The minimum atomic E-state index is -4.56. The lowest BCUT2D eigenvalue weighted by Gasteiger charge is -2.29. The number of carbonyl (C=O) groups is 1. The molecule has 2 heterocycles. The molecule has 210 valence electrons. The number of nitrogens with two attached hydrogens (primary N) is 2. The monoisotopic (exact) mass is 556 g/mol. The molecule has 2 aliphatic rings. The van der Waals surface area contributed by atoms with E-state index in [1.165, 1.54) is 0 Å². The quantitative estimate of drug-likeness (QED) is 0.242. The molecular weight excluding hydrogens is 529 g/mol. The molecule has 11 nitrogen and oxygen atoms in total. The van der Waals surface area contributed by atoms with E-state index >= 15 is 0 Å². The Balaban J connectivity index is 1.65. The van der Waals surface area contributed by atoms with Crippen LogP contribution in [0.4, 0.5) is 18.9 Å². The SMILES string of the molecule is N=C(C(C=NCC(F)(F)F)=C(N)OC(N)=N[C@@H]1N=C(c2ccccc2)c2ccccc2NC1=O)N1CCOCC1. The van der Waals surface area contributed by atoms with Crippen molar-refractivity contribution in [2.24, 2.45) is 26.4 Å². The lowest BCUT2D eigenvalue weighted by atomic mass is 10.0. The fourth-order valence-electron chi connectivity index (χ4n) is 3.91. The van der Waals surface area contributed by atoms with Gasteiger partial charge in [-0.1, -0.05) is 48.5 Å². The predicted octanol–water partition coefficient (Wildman–Crippen LogP) is 2.25. The zero-order valence-electron chi connectivity index (χ0n) is 21.2. The first kappa shape index (κ1) is 28.3. The maximum absolute atomic E-state index is 13.0. The molecule has 0 aromatic heterocycles. The number of nitrogens with zero attached hydrogens (tertiary/aromatic N) is 4. The fourth-order valence-corrected chi connectivity index (χ4v) is 3.91. The third-order valence-electron chi connectivity index (χ3n) is 5.78. The molecule has 1 saturated heterocycles. The van der Waals surface area contributed by atoms with Crippen molar-refractivity contribution in [2.45, 2.75) is 12.3 Å². The van der Waals surface area contributed by atoms with E-state index < -0.39 is 36.7 Å². The van der Waals surface area contributed by atoms with E-state index in [1.807, 2.05) is 30.3 Å². The zero-order valence-corrected chi connectivity index (χ0v) is 21.2. The third kappa shape index (κ3) is 7.22. The first-order chi connectivity index (χ1) is 19.1. The summed E-state index contributed by atoms with van der Waals surface area (Å²) in [5.74, 6) is -1.35. The Morgan fingerprint density at radius 3 is 2.52 bits per heavy atom. The van der Waals surface area contributed by atoms with Crippen molar-refractivity contribution >= 4 is 35.4 Å². The fraction of sp³-hybridized carbons (Fsp3) is 0.269. The molecule has 0 bridgehead atoms. The van der Waals surface area contributed by atoms with Gasteiger partial charge in [-0.15, -0.1) is 0 Å². The number of ether oxygens (including phenoxy) is 2. The highest BCUT2D eigenvalue weighted by Crippen LogP contribution is 2.24. The second kappa shape index (κ2) is 12.4. The molecule has 0 saturated carbocycles. The number of anilines is 1. The summed E-state index contributed by atoms with van der Waals surface area (Å²) in [4.78, 5) is 26.5. The second-order valence-electron chi connectivity index (χ2n) is 8.63. The van der Waals surface area contributed by atoms with Crippen molar-refractivity contribution in [1.82, 2.24) is 4.90 Å². The van der Waals surface area contributed by atoms with Crippen LogP contribution in [0.3, 0.4) is 0 Å². The van der Waals surface area contributed by atoms with Crippen molar-refractivity contribution in [3.63, 3.8) is 0 Å². The number of aliphatic imine (C=N–C) groups is 3. The average molecular weight is 557 g/mol. The molecule has 40 heavy (non-hydrogen) atoms. The molecule has 0 unspecified atom stereocenters. The molecule has 0 radical (unpaired) electrons. The van der Waals surface area contributed by atoms with Crippen molar-refractivity contribution in [3.05, 3.63) is 77.2 Å². The van der Waals surface area contributed by atoms with Gasteiger partial charge in [0.1, 0.15) is 12.4 Å². The smallest absolute Gasteiger partial charge is 0.407 e. The minimum Gasteiger partial charge on any atom is -0.409 e. The van der Waals surface area contributed by atoms with Gasteiger partial charge in [0.15, 0.2) is 0 Å². The minimum absolute atomic E-state index is 0.230.